The van der Waals surface area contributed by atoms with Gasteiger partial charge in [0.15, 0.2) is 6.29 Å². The summed E-state index contributed by atoms with van der Waals surface area (Å²) in [7, 11) is 0. The first-order chi connectivity index (χ1) is 8.40. The molecule has 3 aromatic rings. The molecule has 3 rings (SSSR count). The number of nitrogens with zero attached hydrogens (tertiary/aromatic N) is 1. The van der Waals surface area contributed by atoms with E-state index in [2.05, 4.69) is 9.97 Å². The minimum absolute atomic E-state index is 0.689. The summed E-state index contributed by atoms with van der Waals surface area (Å²) in [4.78, 5) is 18.6. The van der Waals surface area contributed by atoms with Crippen molar-refractivity contribution in [2.45, 2.75) is 0 Å². The summed E-state index contributed by atoms with van der Waals surface area (Å²) in [6, 6.07) is 11.6. The molecule has 2 heterocycles. The molecule has 0 aliphatic carbocycles. The molecule has 0 atom stereocenters. The summed E-state index contributed by atoms with van der Waals surface area (Å²) in [6.45, 7) is 0. The second kappa shape index (κ2) is 3.87. The van der Waals surface area contributed by atoms with Crippen LogP contribution in [0.1, 0.15) is 10.4 Å². The molecular weight excluding hydrogens is 212 g/mol. The lowest BCUT2D eigenvalue weighted by Gasteiger charge is -1.97. The Morgan fingerprint density at radius 1 is 1.12 bits per heavy atom. The van der Waals surface area contributed by atoms with E-state index in [4.69, 9.17) is 0 Å². The third kappa shape index (κ3) is 1.52. The molecule has 2 aromatic heterocycles. The molecular formula is C14H10N2O. The zero-order chi connectivity index (χ0) is 11.7. The van der Waals surface area contributed by atoms with Crippen LogP contribution in [0.15, 0.2) is 48.8 Å². The number of aldehydes is 1. The van der Waals surface area contributed by atoms with Gasteiger partial charge in [-0.1, -0.05) is 18.2 Å². The van der Waals surface area contributed by atoms with E-state index >= 15 is 0 Å². The molecule has 0 saturated heterocycles. The Hall–Kier alpha value is -2.42. The minimum Gasteiger partial charge on any atom is -0.354 e. The Morgan fingerprint density at radius 3 is 2.76 bits per heavy atom. The van der Waals surface area contributed by atoms with Crippen LogP contribution >= 0.6 is 0 Å². The Morgan fingerprint density at radius 2 is 2.00 bits per heavy atom. The van der Waals surface area contributed by atoms with Crippen LogP contribution in [0.3, 0.4) is 0 Å². The van der Waals surface area contributed by atoms with Gasteiger partial charge in [-0.3, -0.25) is 9.78 Å². The molecule has 0 bridgehead atoms. The number of pyridine rings is 1. The maximum absolute atomic E-state index is 11.2. The fourth-order valence-electron chi connectivity index (χ4n) is 2.02. The molecule has 0 radical (unpaired) electrons. The minimum atomic E-state index is 0.689. The van der Waals surface area contributed by atoms with E-state index in [9.17, 15) is 4.79 Å². The molecule has 1 aromatic carbocycles. The van der Waals surface area contributed by atoms with Gasteiger partial charge in [0.25, 0.3) is 0 Å². The Bertz CT molecular complexity index is 671. The van der Waals surface area contributed by atoms with Crippen LogP contribution in [0, 0.1) is 0 Å². The number of hydrogen-bond acceptors (Lipinski definition) is 2. The first kappa shape index (κ1) is 9.78. The number of aromatic nitrogens is 2. The molecule has 0 spiro atoms. The van der Waals surface area contributed by atoms with Gasteiger partial charge in [0.05, 0.1) is 5.69 Å². The van der Waals surface area contributed by atoms with E-state index < -0.39 is 0 Å². The predicted octanol–water partition coefficient (Wildman–Crippen LogP) is 3.04. The average molecular weight is 222 g/mol. The first-order valence-electron chi connectivity index (χ1n) is 5.36. The number of nitrogens with one attached hydrogen (secondary N) is 1. The van der Waals surface area contributed by atoms with Gasteiger partial charge in [-0.25, -0.2) is 0 Å². The quantitative estimate of drug-likeness (QED) is 0.677. The summed E-state index contributed by atoms with van der Waals surface area (Å²) in [5.41, 5.74) is 3.40. The highest BCUT2D eigenvalue weighted by atomic mass is 16.1. The van der Waals surface area contributed by atoms with Crippen LogP contribution < -0.4 is 0 Å². The van der Waals surface area contributed by atoms with Crippen molar-refractivity contribution >= 4 is 17.2 Å². The molecule has 0 aliphatic rings. The number of benzene rings is 1. The summed E-state index contributed by atoms with van der Waals surface area (Å²) >= 11 is 0. The molecule has 82 valence electrons. The van der Waals surface area contributed by atoms with Crippen molar-refractivity contribution in [1.82, 2.24) is 9.97 Å². The van der Waals surface area contributed by atoms with Crippen molar-refractivity contribution in [3.8, 4) is 11.3 Å². The summed E-state index contributed by atoms with van der Waals surface area (Å²) in [6.07, 6.45) is 4.35. The Kier molecular flexibility index (Phi) is 2.22. The molecule has 1 N–H and O–H groups in total. The van der Waals surface area contributed by atoms with Gasteiger partial charge >= 0.3 is 0 Å². The topological polar surface area (TPSA) is 45.8 Å². The summed E-state index contributed by atoms with van der Waals surface area (Å²) < 4.78 is 0. The fraction of sp³-hybridized carbons (Fsp3) is 0. The van der Waals surface area contributed by atoms with Crippen molar-refractivity contribution in [2.24, 2.45) is 0 Å². The predicted molar refractivity (Wildman–Crippen MR) is 66.9 cm³/mol. The third-order valence-electron chi connectivity index (χ3n) is 2.81. The number of carbonyl (C=O) groups is 1. The first-order valence-corrected chi connectivity index (χ1v) is 5.36. The van der Waals surface area contributed by atoms with Crippen molar-refractivity contribution in [1.29, 1.82) is 0 Å². The molecule has 0 fully saturated rings. The van der Waals surface area contributed by atoms with Gasteiger partial charge in [0.1, 0.15) is 0 Å². The zero-order valence-corrected chi connectivity index (χ0v) is 9.05. The number of aromatic amines is 1. The largest absolute Gasteiger partial charge is 0.354 e. The fourth-order valence-corrected chi connectivity index (χ4v) is 2.02. The van der Waals surface area contributed by atoms with Crippen molar-refractivity contribution in [2.75, 3.05) is 0 Å². The summed E-state index contributed by atoms with van der Waals surface area (Å²) in [5.74, 6) is 0. The SMILES string of the molecule is O=Cc1c(-c2cccnc2)[nH]c2ccccc12. The normalized spacial score (nSPS) is 10.6. The van der Waals surface area contributed by atoms with Crippen LogP contribution in [0.25, 0.3) is 22.2 Å². The van der Waals surface area contributed by atoms with Gasteiger partial charge in [-0.05, 0) is 18.2 Å². The van der Waals surface area contributed by atoms with E-state index in [1.807, 2.05) is 36.4 Å². The van der Waals surface area contributed by atoms with Gasteiger partial charge < -0.3 is 4.98 Å². The maximum atomic E-state index is 11.2. The summed E-state index contributed by atoms with van der Waals surface area (Å²) in [5, 5.41) is 0.946. The average Bonchev–Trinajstić information content (AvgIpc) is 2.78. The maximum Gasteiger partial charge on any atom is 0.152 e. The molecule has 17 heavy (non-hydrogen) atoms. The monoisotopic (exact) mass is 222 g/mol. The molecule has 0 unspecified atom stereocenters. The molecule has 0 saturated carbocycles. The van der Waals surface area contributed by atoms with E-state index in [0.29, 0.717) is 5.56 Å². The van der Waals surface area contributed by atoms with Crippen LogP contribution in [0.5, 0.6) is 0 Å². The molecule has 3 nitrogen and oxygen atoms in total. The Balaban J connectivity index is 2.33. The number of carbonyl (C=O) groups excluding carboxylic acids is 1. The number of hydrogen-bond donors (Lipinski definition) is 1. The Labute approximate surface area is 98.1 Å². The lowest BCUT2D eigenvalue weighted by molar-refractivity contribution is 0.112. The van der Waals surface area contributed by atoms with Crippen molar-refractivity contribution < 1.29 is 4.79 Å². The zero-order valence-electron chi connectivity index (χ0n) is 9.05. The van der Waals surface area contributed by atoms with Crippen molar-refractivity contribution in [3.05, 3.63) is 54.4 Å². The number of H-pyrrole nitrogens is 1. The van der Waals surface area contributed by atoms with Gasteiger partial charge in [-0.15, -0.1) is 0 Å². The van der Waals surface area contributed by atoms with Crippen molar-refractivity contribution in [3.63, 3.8) is 0 Å². The second-order valence-corrected chi connectivity index (χ2v) is 3.82. The molecule has 0 aliphatic heterocycles. The van der Waals surface area contributed by atoms with E-state index in [0.717, 1.165) is 28.4 Å². The van der Waals surface area contributed by atoms with Crippen LogP contribution in [-0.4, -0.2) is 16.3 Å². The molecule has 0 amide bonds. The van der Waals surface area contributed by atoms with Gasteiger partial charge in [0, 0.05) is 34.4 Å². The van der Waals surface area contributed by atoms with Crippen LogP contribution in [0.2, 0.25) is 0 Å². The number of fused-ring (bicyclic) bond motifs is 1. The molecule has 3 heteroatoms. The second-order valence-electron chi connectivity index (χ2n) is 3.82. The third-order valence-corrected chi connectivity index (χ3v) is 2.81. The van der Waals surface area contributed by atoms with E-state index in [1.54, 1.807) is 12.4 Å². The number of para-hydroxylation sites is 1. The van der Waals surface area contributed by atoms with Gasteiger partial charge in [0.2, 0.25) is 0 Å². The van der Waals surface area contributed by atoms with E-state index in [-0.39, 0.29) is 0 Å². The van der Waals surface area contributed by atoms with Crippen LogP contribution in [-0.2, 0) is 0 Å². The van der Waals surface area contributed by atoms with Gasteiger partial charge in [-0.2, -0.15) is 0 Å². The highest BCUT2D eigenvalue weighted by Crippen LogP contribution is 2.28. The lowest BCUT2D eigenvalue weighted by atomic mass is 10.1. The van der Waals surface area contributed by atoms with E-state index in [1.165, 1.54) is 0 Å². The standard InChI is InChI=1S/C14H10N2O/c17-9-12-11-5-1-2-6-13(11)16-14(12)10-4-3-7-15-8-10/h1-9,16H. The number of rotatable bonds is 2. The smallest absolute Gasteiger partial charge is 0.152 e. The lowest BCUT2D eigenvalue weighted by Crippen LogP contribution is -1.84. The highest BCUT2D eigenvalue weighted by molar-refractivity contribution is 6.04. The highest BCUT2D eigenvalue weighted by Gasteiger charge is 2.11. The van der Waals surface area contributed by atoms with Crippen LogP contribution in [0.4, 0.5) is 0 Å².